The van der Waals surface area contributed by atoms with Gasteiger partial charge in [-0.15, -0.1) is 0 Å². The maximum Gasteiger partial charge on any atom is 0.339 e. The van der Waals surface area contributed by atoms with E-state index in [0.717, 1.165) is 16.1 Å². The number of halogens is 1. The predicted octanol–water partition coefficient (Wildman–Crippen LogP) is 4.02. The van der Waals surface area contributed by atoms with Crippen molar-refractivity contribution in [2.24, 2.45) is 0 Å². The quantitative estimate of drug-likeness (QED) is 0.577. The second kappa shape index (κ2) is 7.22. The Balaban J connectivity index is 2.73. The SMILES string of the molecule is COC(=O)[C@@H](OCC[Si](C)(C)C)c1ccc(Br)cc1. The molecule has 0 aliphatic rings. The van der Waals surface area contributed by atoms with Crippen molar-refractivity contribution in [3.8, 4) is 0 Å². The molecular weight excluding hydrogens is 324 g/mol. The highest BCUT2D eigenvalue weighted by Gasteiger charge is 2.23. The second-order valence-corrected chi connectivity index (χ2v) is 12.2. The molecule has 0 aliphatic heterocycles. The molecule has 0 fully saturated rings. The third-order valence-corrected chi connectivity index (χ3v) is 4.96. The third kappa shape index (κ3) is 5.89. The largest absolute Gasteiger partial charge is 0.467 e. The van der Waals surface area contributed by atoms with Crippen LogP contribution in [0.5, 0.6) is 0 Å². The lowest BCUT2D eigenvalue weighted by Crippen LogP contribution is -2.24. The zero-order chi connectivity index (χ0) is 14.5. The van der Waals surface area contributed by atoms with Gasteiger partial charge in [0.2, 0.25) is 0 Å². The summed E-state index contributed by atoms with van der Waals surface area (Å²) in [5.74, 6) is -0.349. The maximum absolute atomic E-state index is 11.8. The number of methoxy groups -OCH3 is 1. The van der Waals surface area contributed by atoms with E-state index < -0.39 is 14.2 Å². The molecule has 0 unspecified atom stereocenters. The van der Waals surface area contributed by atoms with Crippen LogP contribution in [-0.2, 0) is 14.3 Å². The fraction of sp³-hybridized carbons (Fsp3) is 0.500. The van der Waals surface area contributed by atoms with Gasteiger partial charge >= 0.3 is 5.97 Å². The minimum Gasteiger partial charge on any atom is -0.467 e. The first-order chi connectivity index (χ1) is 8.83. The van der Waals surface area contributed by atoms with Crippen LogP contribution in [0.4, 0.5) is 0 Å². The van der Waals surface area contributed by atoms with Crippen molar-refractivity contribution in [1.29, 1.82) is 0 Å². The fourth-order valence-electron chi connectivity index (χ4n) is 1.53. The van der Waals surface area contributed by atoms with Crippen molar-refractivity contribution < 1.29 is 14.3 Å². The molecule has 1 aromatic carbocycles. The summed E-state index contributed by atoms with van der Waals surface area (Å²) in [7, 11) is 0.221. The van der Waals surface area contributed by atoms with E-state index in [1.165, 1.54) is 7.11 Å². The molecule has 0 N–H and O–H groups in total. The average Bonchev–Trinajstić information content (AvgIpc) is 2.34. The van der Waals surface area contributed by atoms with E-state index in [0.29, 0.717) is 6.61 Å². The maximum atomic E-state index is 11.8. The predicted molar refractivity (Wildman–Crippen MR) is 83.0 cm³/mol. The Bertz CT molecular complexity index is 412. The van der Waals surface area contributed by atoms with Crippen LogP contribution in [0.15, 0.2) is 28.7 Å². The number of esters is 1. The van der Waals surface area contributed by atoms with Crippen LogP contribution in [-0.4, -0.2) is 27.8 Å². The van der Waals surface area contributed by atoms with Crippen LogP contribution in [0, 0.1) is 0 Å². The molecule has 1 atom stereocenters. The Morgan fingerprint density at radius 3 is 2.32 bits per heavy atom. The van der Waals surface area contributed by atoms with Gasteiger partial charge in [-0.05, 0) is 23.7 Å². The average molecular weight is 345 g/mol. The monoisotopic (exact) mass is 344 g/mol. The van der Waals surface area contributed by atoms with Crippen LogP contribution in [0.25, 0.3) is 0 Å². The molecule has 0 radical (unpaired) electrons. The summed E-state index contributed by atoms with van der Waals surface area (Å²) >= 11 is 3.38. The Morgan fingerprint density at radius 1 is 1.26 bits per heavy atom. The van der Waals surface area contributed by atoms with Gasteiger partial charge in [-0.1, -0.05) is 47.7 Å². The van der Waals surface area contributed by atoms with Crippen molar-refractivity contribution in [2.45, 2.75) is 31.8 Å². The van der Waals surface area contributed by atoms with Gasteiger partial charge in [0.15, 0.2) is 6.10 Å². The summed E-state index contributed by atoms with van der Waals surface area (Å²) in [5, 5.41) is 0. The highest BCUT2D eigenvalue weighted by Crippen LogP contribution is 2.22. The Kier molecular flexibility index (Phi) is 6.23. The molecule has 3 nitrogen and oxygen atoms in total. The van der Waals surface area contributed by atoms with E-state index in [2.05, 4.69) is 35.6 Å². The lowest BCUT2D eigenvalue weighted by Gasteiger charge is -2.20. The van der Waals surface area contributed by atoms with E-state index in [1.807, 2.05) is 24.3 Å². The van der Waals surface area contributed by atoms with E-state index in [4.69, 9.17) is 9.47 Å². The first-order valence-corrected chi connectivity index (χ1v) is 10.8. The number of rotatable bonds is 6. The first kappa shape index (κ1) is 16.4. The van der Waals surface area contributed by atoms with Gasteiger partial charge in [0.25, 0.3) is 0 Å². The minimum atomic E-state index is -1.16. The lowest BCUT2D eigenvalue weighted by atomic mass is 10.1. The number of hydrogen-bond donors (Lipinski definition) is 0. The van der Waals surface area contributed by atoms with Gasteiger partial charge in [-0.2, -0.15) is 0 Å². The normalized spacial score (nSPS) is 13.1. The van der Waals surface area contributed by atoms with E-state index in [9.17, 15) is 4.79 Å². The smallest absolute Gasteiger partial charge is 0.339 e. The van der Waals surface area contributed by atoms with Gasteiger partial charge in [0.1, 0.15) is 0 Å². The summed E-state index contributed by atoms with van der Waals surface area (Å²) in [6.07, 6.45) is -0.630. The molecule has 19 heavy (non-hydrogen) atoms. The summed E-state index contributed by atoms with van der Waals surface area (Å²) in [6, 6.07) is 8.57. The molecule has 1 aromatic rings. The van der Waals surface area contributed by atoms with E-state index in [1.54, 1.807) is 0 Å². The van der Waals surface area contributed by atoms with Gasteiger partial charge in [0.05, 0.1) is 7.11 Å². The molecule has 1 rings (SSSR count). The third-order valence-electron chi connectivity index (χ3n) is 2.72. The first-order valence-electron chi connectivity index (χ1n) is 6.28. The Hall–Kier alpha value is -0.653. The molecule has 5 heteroatoms. The van der Waals surface area contributed by atoms with Crippen molar-refractivity contribution in [2.75, 3.05) is 13.7 Å². The molecule has 0 aliphatic carbocycles. The number of carbonyl (C=O) groups excluding carboxylic acids is 1. The molecule has 0 saturated carbocycles. The zero-order valence-corrected chi connectivity index (χ0v) is 14.5. The van der Waals surface area contributed by atoms with Gasteiger partial charge in [0, 0.05) is 19.2 Å². The van der Waals surface area contributed by atoms with Crippen LogP contribution in [0.2, 0.25) is 25.7 Å². The van der Waals surface area contributed by atoms with Gasteiger partial charge in [-0.25, -0.2) is 4.79 Å². The van der Waals surface area contributed by atoms with Crippen LogP contribution in [0.1, 0.15) is 11.7 Å². The highest BCUT2D eigenvalue weighted by molar-refractivity contribution is 9.10. The van der Waals surface area contributed by atoms with Gasteiger partial charge in [-0.3, -0.25) is 0 Å². The number of benzene rings is 1. The summed E-state index contributed by atoms with van der Waals surface area (Å²) in [4.78, 5) is 11.8. The topological polar surface area (TPSA) is 35.5 Å². The van der Waals surface area contributed by atoms with E-state index in [-0.39, 0.29) is 5.97 Å². The van der Waals surface area contributed by atoms with Crippen molar-refractivity contribution in [3.05, 3.63) is 34.3 Å². The summed E-state index contributed by atoms with van der Waals surface area (Å²) in [6.45, 7) is 7.43. The van der Waals surface area contributed by atoms with Gasteiger partial charge < -0.3 is 9.47 Å². The molecule has 0 bridgehead atoms. The van der Waals surface area contributed by atoms with Crippen molar-refractivity contribution in [1.82, 2.24) is 0 Å². The van der Waals surface area contributed by atoms with E-state index >= 15 is 0 Å². The molecular formula is C14H21BrO3Si. The summed E-state index contributed by atoms with van der Waals surface area (Å²) < 4.78 is 11.5. The zero-order valence-electron chi connectivity index (χ0n) is 11.9. The summed E-state index contributed by atoms with van der Waals surface area (Å²) in [5.41, 5.74) is 0.825. The number of ether oxygens (including phenoxy) is 2. The molecule has 106 valence electrons. The second-order valence-electron chi connectivity index (χ2n) is 5.64. The molecule has 0 aromatic heterocycles. The minimum absolute atomic E-state index is 0.349. The number of hydrogen-bond acceptors (Lipinski definition) is 3. The molecule has 0 amide bonds. The lowest BCUT2D eigenvalue weighted by molar-refractivity contribution is -0.154. The van der Waals surface area contributed by atoms with Crippen LogP contribution < -0.4 is 0 Å². The van der Waals surface area contributed by atoms with Crippen LogP contribution in [0.3, 0.4) is 0 Å². The molecule has 0 spiro atoms. The standard InChI is InChI=1S/C14H21BrO3Si/c1-17-14(16)13(18-9-10-19(2,3)4)11-5-7-12(15)8-6-11/h5-8,13H,9-10H2,1-4H3/t13-/m0/s1. The molecule has 0 saturated heterocycles. The Labute approximate surface area is 124 Å². The molecule has 0 heterocycles. The Morgan fingerprint density at radius 2 is 1.84 bits per heavy atom. The highest BCUT2D eigenvalue weighted by atomic mass is 79.9. The fourth-order valence-corrected chi connectivity index (χ4v) is 2.52. The van der Waals surface area contributed by atoms with Crippen molar-refractivity contribution >= 4 is 30.0 Å². The van der Waals surface area contributed by atoms with Crippen LogP contribution >= 0.6 is 15.9 Å². The van der Waals surface area contributed by atoms with Crippen molar-refractivity contribution in [3.63, 3.8) is 0 Å². The number of carbonyl (C=O) groups is 1.